The Morgan fingerprint density at radius 3 is 3.00 bits per heavy atom. The summed E-state index contributed by atoms with van der Waals surface area (Å²) in [6.45, 7) is 7.00. The minimum absolute atomic E-state index is 0.144. The molecule has 3 aliphatic rings. The van der Waals surface area contributed by atoms with Crippen LogP contribution in [-0.4, -0.2) is 65.4 Å². The van der Waals surface area contributed by atoms with Crippen LogP contribution in [0, 0.1) is 0 Å². The van der Waals surface area contributed by atoms with Gasteiger partial charge in [-0.25, -0.2) is 4.79 Å². The molecule has 5 nitrogen and oxygen atoms in total. The molecule has 3 saturated heterocycles. The van der Waals surface area contributed by atoms with Crippen LogP contribution in [0.4, 0.5) is 4.79 Å². The standard InChI is InChI=1S/C12H18N2O3/c1-9-4-12(8-15)5-10(7-13(12)6-9)14-2-3-17-11(14)16/h10,15H,1-8H2/t10-,12?/m1/s1. The van der Waals surface area contributed by atoms with Crippen LogP contribution in [0.25, 0.3) is 0 Å². The van der Waals surface area contributed by atoms with Crippen molar-refractivity contribution >= 4 is 6.09 Å². The van der Waals surface area contributed by atoms with Crippen LogP contribution in [-0.2, 0) is 4.74 Å². The van der Waals surface area contributed by atoms with E-state index in [4.69, 9.17) is 4.74 Å². The summed E-state index contributed by atoms with van der Waals surface area (Å²) in [6, 6.07) is 0.185. The lowest BCUT2D eigenvalue weighted by Gasteiger charge is -2.28. The SMILES string of the molecule is C=C1CN2C[C@H](N3CCOC3=O)CC2(CO)C1. The summed E-state index contributed by atoms with van der Waals surface area (Å²) in [4.78, 5) is 15.6. The summed E-state index contributed by atoms with van der Waals surface area (Å²) in [7, 11) is 0. The van der Waals surface area contributed by atoms with E-state index in [2.05, 4.69) is 11.5 Å². The van der Waals surface area contributed by atoms with Gasteiger partial charge in [0.25, 0.3) is 0 Å². The average molecular weight is 238 g/mol. The second kappa shape index (κ2) is 3.71. The van der Waals surface area contributed by atoms with E-state index in [0.717, 1.165) is 25.9 Å². The van der Waals surface area contributed by atoms with Gasteiger partial charge in [0, 0.05) is 19.1 Å². The lowest BCUT2D eigenvalue weighted by molar-refractivity contribution is 0.0996. The number of carbonyl (C=O) groups excluding carboxylic acids is 1. The van der Waals surface area contributed by atoms with Gasteiger partial charge >= 0.3 is 6.09 Å². The fraction of sp³-hybridized carbons (Fsp3) is 0.750. The number of hydrogen-bond acceptors (Lipinski definition) is 4. The molecule has 3 heterocycles. The second-order valence-corrected chi connectivity index (χ2v) is 5.36. The largest absolute Gasteiger partial charge is 0.448 e. The molecular weight excluding hydrogens is 220 g/mol. The average Bonchev–Trinajstić information content (AvgIpc) is 2.90. The number of nitrogens with zero attached hydrogens (tertiary/aromatic N) is 2. The minimum Gasteiger partial charge on any atom is -0.448 e. The maximum absolute atomic E-state index is 11.5. The van der Waals surface area contributed by atoms with Gasteiger partial charge in [0.2, 0.25) is 0 Å². The highest BCUT2D eigenvalue weighted by Gasteiger charge is 2.51. The van der Waals surface area contributed by atoms with Crippen molar-refractivity contribution in [3.8, 4) is 0 Å². The Hall–Kier alpha value is -1.07. The van der Waals surface area contributed by atoms with Gasteiger partial charge in [-0.1, -0.05) is 12.2 Å². The zero-order valence-electron chi connectivity index (χ0n) is 9.89. The molecule has 3 aliphatic heterocycles. The van der Waals surface area contributed by atoms with Crippen molar-refractivity contribution in [2.75, 3.05) is 32.8 Å². The lowest BCUT2D eigenvalue weighted by atomic mass is 9.92. The van der Waals surface area contributed by atoms with Crippen LogP contribution in [0.3, 0.4) is 0 Å². The van der Waals surface area contributed by atoms with Crippen LogP contribution >= 0.6 is 0 Å². The summed E-state index contributed by atoms with van der Waals surface area (Å²) in [5.41, 5.74) is 1.01. The molecule has 0 aromatic rings. The van der Waals surface area contributed by atoms with Crippen LogP contribution in [0.5, 0.6) is 0 Å². The van der Waals surface area contributed by atoms with E-state index in [0.29, 0.717) is 13.2 Å². The highest BCUT2D eigenvalue weighted by atomic mass is 16.6. The Bertz CT molecular complexity index is 371. The molecule has 0 aromatic heterocycles. The van der Waals surface area contributed by atoms with E-state index in [1.54, 1.807) is 4.90 Å². The highest BCUT2D eigenvalue weighted by Crippen LogP contribution is 2.42. The molecule has 0 bridgehead atoms. The molecule has 3 fully saturated rings. The smallest absolute Gasteiger partial charge is 0.410 e. The fourth-order valence-electron chi connectivity index (χ4n) is 3.45. The molecule has 0 aliphatic carbocycles. The molecule has 0 spiro atoms. The van der Waals surface area contributed by atoms with Gasteiger partial charge in [-0.15, -0.1) is 0 Å². The van der Waals surface area contributed by atoms with E-state index < -0.39 is 0 Å². The summed E-state index contributed by atoms with van der Waals surface area (Å²) in [5, 5.41) is 9.65. The Morgan fingerprint density at radius 1 is 1.59 bits per heavy atom. The number of cyclic esters (lactones) is 1. The Balaban J connectivity index is 1.77. The molecule has 0 aromatic carbocycles. The summed E-state index contributed by atoms with van der Waals surface area (Å²) in [6.07, 6.45) is 1.48. The van der Waals surface area contributed by atoms with Gasteiger partial charge in [0.1, 0.15) is 6.61 Å². The summed E-state index contributed by atoms with van der Waals surface area (Å²) in [5.74, 6) is 0. The number of ether oxygens (including phenoxy) is 1. The summed E-state index contributed by atoms with van der Waals surface area (Å²) >= 11 is 0. The van der Waals surface area contributed by atoms with Crippen molar-refractivity contribution < 1.29 is 14.6 Å². The van der Waals surface area contributed by atoms with Crippen molar-refractivity contribution in [1.82, 2.24) is 9.80 Å². The molecule has 5 heteroatoms. The maximum Gasteiger partial charge on any atom is 0.410 e. The lowest BCUT2D eigenvalue weighted by Crippen LogP contribution is -2.41. The van der Waals surface area contributed by atoms with Crippen molar-refractivity contribution in [2.45, 2.75) is 24.4 Å². The predicted molar refractivity (Wildman–Crippen MR) is 61.6 cm³/mol. The molecular formula is C12H18N2O3. The highest BCUT2D eigenvalue weighted by molar-refractivity contribution is 5.69. The van der Waals surface area contributed by atoms with Crippen LogP contribution in [0.1, 0.15) is 12.8 Å². The second-order valence-electron chi connectivity index (χ2n) is 5.36. The third-order valence-corrected chi connectivity index (χ3v) is 4.24. The van der Waals surface area contributed by atoms with Crippen LogP contribution in [0.15, 0.2) is 12.2 Å². The van der Waals surface area contributed by atoms with Gasteiger partial charge in [-0.3, -0.25) is 4.90 Å². The molecule has 2 atom stereocenters. The van der Waals surface area contributed by atoms with E-state index >= 15 is 0 Å². The normalized spacial score (nSPS) is 37.7. The number of aliphatic hydroxyl groups is 1. The van der Waals surface area contributed by atoms with Crippen molar-refractivity contribution in [3.63, 3.8) is 0 Å². The first-order chi connectivity index (χ1) is 8.14. The monoisotopic (exact) mass is 238 g/mol. The van der Waals surface area contributed by atoms with Crippen LogP contribution in [0.2, 0.25) is 0 Å². The van der Waals surface area contributed by atoms with E-state index in [1.807, 2.05) is 0 Å². The molecule has 17 heavy (non-hydrogen) atoms. The predicted octanol–water partition coefficient (Wildman–Crippen LogP) is 0.204. The van der Waals surface area contributed by atoms with E-state index in [1.165, 1.54) is 5.57 Å². The number of aliphatic hydroxyl groups excluding tert-OH is 1. The van der Waals surface area contributed by atoms with E-state index in [9.17, 15) is 9.90 Å². The number of fused-ring (bicyclic) bond motifs is 1. The Kier molecular flexibility index (Phi) is 2.41. The van der Waals surface area contributed by atoms with Crippen molar-refractivity contribution in [3.05, 3.63) is 12.2 Å². The summed E-state index contributed by atoms with van der Waals surface area (Å²) < 4.78 is 4.98. The zero-order chi connectivity index (χ0) is 12.0. The number of amides is 1. The topological polar surface area (TPSA) is 53.0 Å². The molecule has 1 amide bonds. The van der Waals surface area contributed by atoms with Gasteiger partial charge in [0.15, 0.2) is 0 Å². The van der Waals surface area contributed by atoms with Gasteiger partial charge < -0.3 is 14.7 Å². The third kappa shape index (κ3) is 1.57. The number of carbonyl (C=O) groups is 1. The first-order valence-electron chi connectivity index (χ1n) is 6.11. The van der Waals surface area contributed by atoms with Crippen molar-refractivity contribution in [2.24, 2.45) is 0 Å². The first-order valence-corrected chi connectivity index (χ1v) is 6.11. The van der Waals surface area contributed by atoms with Gasteiger partial charge in [-0.05, 0) is 12.8 Å². The first kappa shape index (κ1) is 11.0. The Labute approximate surface area is 101 Å². The van der Waals surface area contributed by atoms with Crippen LogP contribution < -0.4 is 0 Å². The quantitative estimate of drug-likeness (QED) is 0.698. The molecule has 94 valence electrons. The zero-order valence-corrected chi connectivity index (χ0v) is 9.89. The fourth-order valence-corrected chi connectivity index (χ4v) is 3.45. The minimum atomic E-state index is -0.205. The van der Waals surface area contributed by atoms with Gasteiger partial charge in [0.05, 0.1) is 18.7 Å². The third-order valence-electron chi connectivity index (χ3n) is 4.24. The number of hydrogen-bond donors (Lipinski definition) is 1. The maximum atomic E-state index is 11.5. The molecule has 1 unspecified atom stereocenters. The van der Waals surface area contributed by atoms with E-state index in [-0.39, 0.29) is 24.3 Å². The molecule has 0 saturated carbocycles. The molecule has 3 rings (SSSR count). The molecule has 0 radical (unpaired) electrons. The number of rotatable bonds is 2. The Morgan fingerprint density at radius 2 is 2.41 bits per heavy atom. The van der Waals surface area contributed by atoms with Gasteiger partial charge in [-0.2, -0.15) is 0 Å². The molecule has 1 N–H and O–H groups in total. The van der Waals surface area contributed by atoms with Crippen molar-refractivity contribution in [1.29, 1.82) is 0 Å².